The van der Waals surface area contributed by atoms with Gasteiger partial charge in [-0.3, -0.25) is 5.32 Å². The maximum atomic E-state index is 13.0. The van der Waals surface area contributed by atoms with Crippen LogP contribution in [-0.2, 0) is 23.7 Å². The quantitative estimate of drug-likeness (QED) is 0.236. The average Bonchev–Trinajstić information content (AvgIpc) is 2.91. The van der Waals surface area contributed by atoms with Crippen molar-refractivity contribution < 1.29 is 55.2 Å². The second-order valence-corrected chi connectivity index (χ2v) is 9.12. The number of rotatable bonds is 11. The molecule has 1 heterocycles. The topological polar surface area (TPSA) is 84.5 Å². The average molecular weight is 590 g/mol. The van der Waals surface area contributed by atoms with Crippen molar-refractivity contribution in [2.75, 3.05) is 26.1 Å². The van der Waals surface area contributed by atoms with Crippen LogP contribution in [0, 0.1) is 0 Å². The monoisotopic (exact) mass is 589 g/mol. The first kappa shape index (κ1) is 32.3. The van der Waals surface area contributed by atoms with Gasteiger partial charge in [-0.05, 0) is 48.7 Å². The Kier molecular flexibility index (Phi) is 11.1. The summed E-state index contributed by atoms with van der Waals surface area (Å²) < 4.78 is 95.0. The molecule has 1 fully saturated rings. The molecule has 0 radical (unpaired) electrons. The predicted molar refractivity (Wildman–Crippen MR) is 140 cm³/mol. The molecule has 226 valence electrons. The van der Waals surface area contributed by atoms with E-state index in [1.165, 1.54) is 19.2 Å². The molecule has 0 bridgehead atoms. The van der Waals surface area contributed by atoms with Crippen LogP contribution in [0.3, 0.4) is 0 Å². The predicted octanol–water partition coefficient (Wildman–Crippen LogP) is 6.51. The van der Waals surface area contributed by atoms with Gasteiger partial charge in [-0.15, -0.1) is 0 Å². The molecule has 1 saturated heterocycles. The van der Waals surface area contributed by atoms with Crippen molar-refractivity contribution in [1.82, 2.24) is 0 Å². The van der Waals surface area contributed by atoms with Crippen molar-refractivity contribution in [3.05, 3.63) is 59.7 Å². The number of halogens is 5. The SMILES string of the molecule is CCCO[C@@H]1[C@@H](OC)[C@H](C)O[C@@H](OC(=O)Nc2ccc(C=Cc3ccc(OC(F)(F)C(F)(F)F)cc3)cc2)[C@@H]1OC. The van der Waals surface area contributed by atoms with Gasteiger partial charge in [0.25, 0.3) is 0 Å². The maximum Gasteiger partial charge on any atom is 0.499 e. The Labute approximate surface area is 234 Å². The molecule has 1 aliphatic heterocycles. The van der Waals surface area contributed by atoms with Crippen molar-refractivity contribution in [3.8, 4) is 5.75 Å². The normalized spacial score (nSPS) is 23.4. The fourth-order valence-electron chi connectivity index (χ4n) is 4.06. The van der Waals surface area contributed by atoms with E-state index in [0.29, 0.717) is 17.9 Å². The molecule has 0 unspecified atom stereocenters. The lowest BCUT2D eigenvalue weighted by atomic mass is 9.99. The van der Waals surface area contributed by atoms with E-state index in [2.05, 4.69) is 10.1 Å². The van der Waals surface area contributed by atoms with Crippen molar-refractivity contribution in [2.24, 2.45) is 0 Å². The zero-order valence-corrected chi connectivity index (χ0v) is 22.8. The molecule has 0 spiro atoms. The number of amides is 1. The van der Waals surface area contributed by atoms with Crippen molar-refractivity contribution in [1.29, 1.82) is 0 Å². The van der Waals surface area contributed by atoms with Crippen LogP contribution < -0.4 is 10.1 Å². The maximum absolute atomic E-state index is 13.0. The Morgan fingerprint density at radius 1 is 0.902 bits per heavy atom. The molecular weight excluding hydrogens is 557 g/mol. The summed E-state index contributed by atoms with van der Waals surface area (Å²) in [5.41, 5.74) is 1.69. The highest BCUT2D eigenvalue weighted by Gasteiger charge is 2.61. The van der Waals surface area contributed by atoms with E-state index < -0.39 is 54.8 Å². The van der Waals surface area contributed by atoms with E-state index in [-0.39, 0.29) is 0 Å². The molecule has 1 amide bonds. The minimum absolute atomic E-state index is 0.416. The largest absolute Gasteiger partial charge is 0.499 e. The Balaban J connectivity index is 1.57. The summed E-state index contributed by atoms with van der Waals surface area (Å²) in [6.07, 6.45) is -10.9. The van der Waals surface area contributed by atoms with Gasteiger partial charge in [-0.2, -0.15) is 22.0 Å². The molecule has 1 aliphatic rings. The number of anilines is 1. The first-order valence-electron chi connectivity index (χ1n) is 12.7. The summed E-state index contributed by atoms with van der Waals surface area (Å²) in [5, 5.41) is 2.62. The number of methoxy groups -OCH3 is 2. The van der Waals surface area contributed by atoms with Crippen molar-refractivity contribution >= 4 is 23.9 Å². The fourth-order valence-corrected chi connectivity index (χ4v) is 4.06. The van der Waals surface area contributed by atoms with Gasteiger partial charge in [-0.1, -0.05) is 43.3 Å². The van der Waals surface area contributed by atoms with Gasteiger partial charge in [-0.25, -0.2) is 4.79 Å². The van der Waals surface area contributed by atoms with Gasteiger partial charge in [0, 0.05) is 26.5 Å². The summed E-state index contributed by atoms with van der Waals surface area (Å²) in [6, 6.07) is 11.3. The summed E-state index contributed by atoms with van der Waals surface area (Å²) >= 11 is 0. The van der Waals surface area contributed by atoms with Crippen LogP contribution in [0.4, 0.5) is 32.4 Å². The summed E-state index contributed by atoms with van der Waals surface area (Å²) in [7, 11) is 3.01. The van der Waals surface area contributed by atoms with Gasteiger partial charge in [0.2, 0.25) is 6.29 Å². The highest BCUT2D eigenvalue weighted by molar-refractivity contribution is 5.85. The van der Waals surface area contributed by atoms with E-state index in [9.17, 15) is 26.7 Å². The van der Waals surface area contributed by atoms with Crippen molar-refractivity contribution in [2.45, 2.75) is 63.3 Å². The fraction of sp³-hybridized carbons (Fsp3) is 0.464. The number of ether oxygens (including phenoxy) is 6. The number of hydrogen-bond acceptors (Lipinski definition) is 7. The van der Waals surface area contributed by atoms with E-state index in [1.807, 2.05) is 6.92 Å². The number of alkyl halides is 5. The summed E-state index contributed by atoms with van der Waals surface area (Å²) in [6.45, 7) is 4.23. The molecule has 0 saturated carbocycles. The van der Waals surface area contributed by atoms with Crippen LogP contribution in [0.25, 0.3) is 12.2 Å². The lowest BCUT2D eigenvalue weighted by Gasteiger charge is -2.43. The smallest absolute Gasteiger partial charge is 0.426 e. The molecule has 8 nitrogen and oxygen atoms in total. The number of nitrogens with one attached hydrogen (secondary N) is 1. The molecule has 13 heteroatoms. The van der Waals surface area contributed by atoms with Crippen LogP contribution in [0.5, 0.6) is 5.75 Å². The second-order valence-electron chi connectivity index (χ2n) is 9.12. The molecule has 1 N–H and O–H groups in total. The second kappa shape index (κ2) is 14.1. The van der Waals surface area contributed by atoms with Gasteiger partial charge in [0.05, 0.1) is 6.10 Å². The highest BCUT2D eigenvalue weighted by Crippen LogP contribution is 2.37. The third-order valence-corrected chi connectivity index (χ3v) is 6.09. The zero-order valence-electron chi connectivity index (χ0n) is 22.8. The summed E-state index contributed by atoms with van der Waals surface area (Å²) in [5.74, 6) is -0.626. The lowest BCUT2D eigenvalue weighted by Crippen LogP contribution is -2.60. The van der Waals surface area contributed by atoms with Crippen LogP contribution >= 0.6 is 0 Å². The minimum Gasteiger partial charge on any atom is -0.426 e. The van der Waals surface area contributed by atoms with E-state index in [0.717, 1.165) is 24.1 Å². The Morgan fingerprint density at radius 3 is 1.98 bits per heavy atom. The van der Waals surface area contributed by atoms with Gasteiger partial charge >= 0.3 is 18.4 Å². The number of carbonyl (C=O) groups is 1. The van der Waals surface area contributed by atoms with Crippen molar-refractivity contribution in [3.63, 3.8) is 0 Å². The van der Waals surface area contributed by atoms with Crippen LogP contribution in [-0.4, -0.2) is 69.9 Å². The van der Waals surface area contributed by atoms with E-state index in [4.69, 9.17) is 23.7 Å². The molecule has 3 rings (SSSR count). The highest BCUT2D eigenvalue weighted by atomic mass is 19.4. The first-order valence-corrected chi connectivity index (χ1v) is 12.7. The van der Waals surface area contributed by atoms with Crippen LogP contribution in [0.2, 0.25) is 0 Å². The van der Waals surface area contributed by atoms with E-state index >= 15 is 0 Å². The molecule has 2 aromatic carbocycles. The van der Waals surface area contributed by atoms with Crippen LogP contribution in [0.1, 0.15) is 31.4 Å². The van der Waals surface area contributed by atoms with Gasteiger partial charge in [0.15, 0.2) is 0 Å². The lowest BCUT2D eigenvalue weighted by molar-refractivity contribution is -0.360. The number of carbonyl (C=O) groups excluding carboxylic acids is 1. The third kappa shape index (κ3) is 8.62. The molecular formula is C28H32F5NO7. The first-order chi connectivity index (χ1) is 19.4. The number of hydrogen-bond donors (Lipinski definition) is 1. The van der Waals surface area contributed by atoms with Crippen LogP contribution in [0.15, 0.2) is 48.5 Å². The Morgan fingerprint density at radius 2 is 1.46 bits per heavy atom. The van der Waals surface area contributed by atoms with Gasteiger partial charge < -0.3 is 28.4 Å². The summed E-state index contributed by atoms with van der Waals surface area (Å²) in [4.78, 5) is 12.6. The minimum atomic E-state index is -5.82. The van der Waals surface area contributed by atoms with Gasteiger partial charge in [0.1, 0.15) is 24.1 Å². The number of benzene rings is 2. The standard InChI is InChI=1S/C28H32F5NO7/c1-5-16-38-23-22(36-3)17(2)39-25(24(23)37-4)40-26(35)34-20-12-8-18(9-13-20)6-7-19-10-14-21(15-11-19)41-28(32,33)27(29,30)31/h6-15,17,22-25H,5,16H2,1-4H3,(H,34,35)/t17-,22-,23+,24+,25-/m0/s1. The molecule has 0 aliphatic carbocycles. The molecule has 41 heavy (non-hydrogen) atoms. The Hall–Kier alpha value is -3.26. The molecule has 5 atom stereocenters. The Bertz CT molecular complexity index is 1140. The molecule has 2 aromatic rings. The van der Waals surface area contributed by atoms with E-state index in [1.54, 1.807) is 50.5 Å². The zero-order chi connectivity index (χ0) is 30.2. The molecule has 0 aromatic heterocycles. The third-order valence-electron chi connectivity index (χ3n) is 6.09.